The molecule has 0 amide bonds. The molecule has 2 aromatic heterocycles. The van der Waals surface area contributed by atoms with Gasteiger partial charge in [0.25, 0.3) is 0 Å². The molecular formula is C11H16ClN5. The fourth-order valence-corrected chi connectivity index (χ4v) is 1.88. The first-order chi connectivity index (χ1) is 8.24. The highest BCUT2D eigenvalue weighted by Gasteiger charge is 2.10. The molecule has 92 valence electrons. The van der Waals surface area contributed by atoms with Crippen LogP contribution in [0, 0.1) is 0 Å². The van der Waals surface area contributed by atoms with E-state index < -0.39 is 0 Å². The van der Waals surface area contributed by atoms with Gasteiger partial charge in [-0.05, 0) is 19.3 Å². The minimum atomic E-state index is 0.653. The van der Waals surface area contributed by atoms with E-state index in [1.165, 1.54) is 0 Å². The van der Waals surface area contributed by atoms with Crippen LogP contribution < -0.4 is 0 Å². The molecule has 0 saturated carbocycles. The van der Waals surface area contributed by atoms with E-state index >= 15 is 0 Å². The number of nitrogens with zero attached hydrogens (tertiary/aromatic N) is 5. The molecular weight excluding hydrogens is 238 g/mol. The lowest BCUT2D eigenvalue weighted by atomic mass is 10.3. The summed E-state index contributed by atoms with van der Waals surface area (Å²) in [5, 5.41) is 12.6. The van der Waals surface area contributed by atoms with E-state index in [0.717, 1.165) is 36.3 Å². The topological polar surface area (TPSA) is 48.5 Å². The number of alkyl halides is 1. The quantitative estimate of drug-likeness (QED) is 0.763. The Hall–Kier alpha value is -1.36. The third-order valence-corrected chi connectivity index (χ3v) is 2.84. The molecule has 0 radical (unpaired) electrons. The van der Waals surface area contributed by atoms with Crippen LogP contribution in [-0.2, 0) is 19.9 Å². The van der Waals surface area contributed by atoms with Crippen molar-refractivity contribution in [3.05, 3.63) is 23.8 Å². The predicted molar refractivity (Wildman–Crippen MR) is 66.5 cm³/mol. The monoisotopic (exact) mass is 253 g/mol. The van der Waals surface area contributed by atoms with Crippen molar-refractivity contribution in [2.24, 2.45) is 7.05 Å². The largest absolute Gasteiger partial charge is 0.273 e. The molecule has 0 bridgehead atoms. The molecule has 17 heavy (non-hydrogen) atoms. The van der Waals surface area contributed by atoms with E-state index in [1.807, 2.05) is 19.4 Å². The summed E-state index contributed by atoms with van der Waals surface area (Å²) < 4.78 is 3.59. The molecule has 0 aliphatic heterocycles. The van der Waals surface area contributed by atoms with E-state index in [9.17, 15) is 0 Å². The summed E-state index contributed by atoms with van der Waals surface area (Å²) >= 11 is 5.66. The van der Waals surface area contributed by atoms with Crippen molar-refractivity contribution < 1.29 is 0 Å². The Kier molecular flexibility index (Phi) is 3.78. The van der Waals surface area contributed by atoms with E-state index in [4.69, 9.17) is 11.6 Å². The highest BCUT2D eigenvalue weighted by atomic mass is 35.5. The maximum atomic E-state index is 5.66. The number of aromatic nitrogens is 5. The highest BCUT2D eigenvalue weighted by molar-refractivity contribution is 6.17. The fraction of sp³-hybridized carbons (Fsp3) is 0.545. The summed E-state index contributed by atoms with van der Waals surface area (Å²) in [7, 11) is 1.91. The van der Waals surface area contributed by atoms with Crippen molar-refractivity contribution in [2.75, 3.05) is 5.88 Å². The van der Waals surface area contributed by atoms with Crippen LogP contribution >= 0.6 is 11.6 Å². The van der Waals surface area contributed by atoms with Crippen LogP contribution in [0.5, 0.6) is 0 Å². The molecule has 0 atom stereocenters. The average Bonchev–Trinajstić information content (AvgIpc) is 2.92. The van der Waals surface area contributed by atoms with Gasteiger partial charge in [0.05, 0.1) is 23.8 Å². The third-order valence-electron chi connectivity index (χ3n) is 2.57. The molecule has 2 heterocycles. The fourth-order valence-electron chi connectivity index (χ4n) is 1.74. The van der Waals surface area contributed by atoms with Crippen LogP contribution in [0.3, 0.4) is 0 Å². The Morgan fingerprint density at radius 2 is 2.18 bits per heavy atom. The Morgan fingerprint density at radius 1 is 1.35 bits per heavy atom. The highest BCUT2D eigenvalue weighted by Crippen LogP contribution is 2.13. The van der Waals surface area contributed by atoms with E-state index in [1.54, 1.807) is 9.36 Å². The minimum Gasteiger partial charge on any atom is -0.273 e. The average molecular weight is 254 g/mol. The smallest absolute Gasteiger partial charge is 0.107 e. The Morgan fingerprint density at radius 3 is 2.88 bits per heavy atom. The van der Waals surface area contributed by atoms with Crippen LogP contribution in [0.15, 0.2) is 12.4 Å². The van der Waals surface area contributed by atoms with Crippen molar-refractivity contribution in [1.82, 2.24) is 24.8 Å². The van der Waals surface area contributed by atoms with Crippen LogP contribution in [0.2, 0.25) is 0 Å². The number of aryl methyl sites for hydroxylation is 3. The summed E-state index contributed by atoms with van der Waals surface area (Å²) in [5.41, 5.74) is 3.00. The lowest BCUT2D eigenvalue weighted by molar-refractivity contribution is 0.746. The van der Waals surface area contributed by atoms with Crippen molar-refractivity contribution in [2.45, 2.75) is 26.2 Å². The zero-order valence-electron chi connectivity index (χ0n) is 10.1. The normalized spacial score (nSPS) is 11.0. The second-order valence-electron chi connectivity index (χ2n) is 3.94. The molecule has 6 heteroatoms. The predicted octanol–water partition coefficient (Wildman–Crippen LogP) is 1.73. The molecule has 0 aromatic carbocycles. The van der Waals surface area contributed by atoms with Gasteiger partial charge < -0.3 is 0 Å². The first-order valence-electron chi connectivity index (χ1n) is 5.74. The number of hydrogen-bond donors (Lipinski definition) is 0. The molecule has 5 nitrogen and oxygen atoms in total. The van der Waals surface area contributed by atoms with E-state index in [-0.39, 0.29) is 0 Å². The van der Waals surface area contributed by atoms with Gasteiger partial charge in [-0.3, -0.25) is 4.68 Å². The Labute approximate surface area is 105 Å². The van der Waals surface area contributed by atoms with Crippen molar-refractivity contribution >= 4 is 11.6 Å². The number of rotatable bonds is 5. The van der Waals surface area contributed by atoms with Crippen LogP contribution in [-0.4, -0.2) is 30.7 Å². The van der Waals surface area contributed by atoms with Crippen molar-refractivity contribution in [3.63, 3.8) is 0 Å². The SMILES string of the molecule is CCc1nn(C)cc1-n1cc(CCCCl)nn1. The maximum absolute atomic E-state index is 5.66. The summed E-state index contributed by atoms with van der Waals surface area (Å²) in [6, 6.07) is 0. The molecule has 2 rings (SSSR count). The first kappa shape index (κ1) is 12.1. The molecule has 2 aromatic rings. The standard InChI is InChI=1S/C11H16ClN5/c1-3-10-11(8-16(2)14-10)17-7-9(13-15-17)5-4-6-12/h7-8H,3-6H2,1-2H3. The van der Waals surface area contributed by atoms with Gasteiger partial charge in [-0.2, -0.15) is 5.10 Å². The van der Waals surface area contributed by atoms with Crippen LogP contribution in [0.25, 0.3) is 5.69 Å². The summed E-state index contributed by atoms with van der Waals surface area (Å²) in [6.45, 7) is 2.08. The Balaban J connectivity index is 2.23. The molecule has 0 aliphatic carbocycles. The maximum Gasteiger partial charge on any atom is 0.107 e. The van der Waals surface area contributed by atoms with Gasteiger partial charge in [-0.1, -0.05) is 12.1 Å². The van der Waals surface area contributed by atoms with E-state index in [0.29, 0.717) is 5.88 Å². The number of halogens is 1. The van der Waals surface area contributed by atoms with Gasteiger partial charge in [0, 0.05) is 12.9 Å². The van der Waals surface area contributed by atoms with Gasteiger partial charge in [0.15, 0.2) is 0 Å². The van der Waals surface area contributed by atoms with Crippen molar-refractivity contribution in [3.8, 4) is 5.69 Å². The molecule has 0 saturated heterocycles. The second kappa shape index (κ2) is 5.31. The lowest BCUT2D eigenvalue weighted by Crippen LogP contribution is -1.97. The number of hydrogen-bond acceptors (Lipinski definition) is 3. The second-order valence-corrected chi connectivity index (χ2v) is 4.31. The zero-order chi connectivity index (χ0) is 12.3. The lowest BCUT2D eigenvalue weighted by Gasteiger charge is -1.97. The van der Waals surface area contributed by atoms with Crippen LogP contribution in [0.1, 0.15) is 24.7 Å². The van der Waals surface area contributed by atoms with Crippen molar-refractivity contribution in [1.29, 1.82) is 0 Å². The van der Waals surface area contributed by atoms with Gasteiger partial charge >= 0.3 is 0 Å². The molecule has 0 fully saturated rings. The molecule has 0 N–H and O–H groups in total. The van der Waals surface area contributed by atoms with Gasteiger partial charge in [0.2, 0.25) is 0 Å². The summed E-state index contributed by atoms with van der Waals surface area (Å²) in [5.74, 6) is 0.653. The zero-order valence-corrected chi connectivity index (χ0v) is 10.9. The Bertz CT molecular complexity index is 488. The van der Waals surface area contributed by atoms with Crippen LogP contribution in [0.4, 0.5) is 0 Å². The molecule has 0 unspecified atom stereocenters. The molecule has 0 spiro atoms. The third kappa shape index (κ3) is 2.66. The molecule has 0 aliphatic rings. The van der Waals surface area contributed by atoms with Gasteiger partial charge in [-0.15, -0.1) is 16.7 Å². The minimum absolute atomic E-state index is 0.653. The van der Waals surface area contributed by atoms with Gasteiger partial charge in [0.1, 0.15) is 5.69 Å². The first-order valence-corrected chi connectivity index (χ1v) is 6.28. The van der Waals surface area contributed by atoms with Gasteiger partial charge in [-0.25, -0.2) is 4.68 Å². The summed E-state index contributed by atoms with van der Waals surface area (Å²) in [4.78, 5) is 0. The summed E-state index contributed by atoms with van der Waals surface area (Å²) in [6.07, 6.45) is 6.58. The van der Waals surface area contributed by atoms with E-state index in [2.05, 4.69) is 22.3 Å².